The van der Waals surface area contributed by atoms with Crippen molar-refractivity contribution in [2.45, 2.75) is 13.8 Å². The van der Waals surface area contributed by atoms with Gasteiger partial charge in [-0.3, -0.25) is 0 Å². The summed E-state index contributed by atoms with van der Waals surface area (Å²) in [5.74, 6) is 0.836. The molecule has 0 N–H and O–H groups in total. The second-order valence-electron chi connectivity index (χ2n) is 4.39. The molecule has 3 aromatic rings. The van der Waals surface area contributed by atoms with Gasteiger partial charge in [0.05, 0.1) is 0 Å². The minimum Gasteiger partial charge on any atom is -0.457 e. The lowest BCUT2D eigenvalue weighted by molar-refractivity contribution is 0.471. The molecule has 0 amide bonds. The van der Waals surface area contributed by atoms with Crippen molar-refractivity contribution in [2.24, 2.45) is 0 Å². The minimum atomic E-state index is -0.274. The van der Waals surface area contributed by atoms with Crippen molar-refractivity contribution < 1.29 is 9.13 Å². The Kier molecular flexibility index (Phi) is 2.67. The van der Waals surface area contributed by atoms with Crippen LogP contribution in [0, 0.1) is 19.7 Å². The van der Waals surface area contributed by atoms with Gasteiger partial charge in [0.15, 0.2) is 5.65 Å². The number of fused-ring (bicyclic) bond motifs is 1. The van der Waals surface area contributed by atoms with E-state index in [2.05, 4.69) is 10.1 Å². The first-order valence-electron chi connectivity index (χ1n) is 5.87. The van der Waals surface area contributed by atoms with Gasteiger partial charge in [-0.2, -0.15) is 5.10 Å². The fraction of sp³-hybridized carbons (Fsp3) is 0.143. The molecule has 2 heterocycles. The van der Waals surface area contributed by atoms with Gasteiger partial charge >= 0.3 is 0 Å². The molecule has 2 aromatic heterocycles. The molecule has 1 aromatic carbocycles. The third-order valence-corrected chi connectivity index (χ3v) is 2.94. The van der Waals surface area contributed by atoms with Crippen LogP contribution in [0.4, 0.5) is 4.39 Å². The normalized spacial score (nSPS) is 10.9. The number of benzene rings is 1. The van der Waals surface area contributed by atoms with Gasteiger partial charge in [0.2, 0.25) is 0 Å². The predicted molar refractivity (Wildman–Crippen MR) is 68.9 cm³/mol. The van der Waals surface area contributed by atoms with Gasteiger partial charge in [-0.05, 0) is 37.1 Å². The average Bonchev–Trinajstić information content (AvgIpc) is 2.83. The second-order valence-corrected chi connectivity index (χ2v) is 4.39. The largest absolute Gasteiger partial charge is 0.457 e. The number of aryl methyl sites for hydroxylation is 2. The van der Waals surface area contributed by atoms with E-state index in [1.165, 1.54) is 12.4 Å². The fourth-order valence-electron chi connectivity index (χ4n) is 1.90. The Morgan fingerprint density at radius 1 is 1.16 bits per heavy atom. The number of rotatable bonds is 2. The molecule has 0 bridgehead atoms. The van der Waals surface area contributed by atoms with E-state index in [0.29, 0.717) is 22.7 Å². The molecule has 0 aliphatic carbocycles. The van der Waals surface area contributed by atoms with E-state index in [9.17, 15) is 4.39 Å². The molecule has 0 aliphatic heterocycles. The quantitative estimate of drug-likeness (QED) is 0.707. The number of hydrogen-bond acceptors (Lipinski definition) is 3. The van der Waals surface area contributed by atoms with Crippen molar-refractivity contribution in [2.75, 3.05) is 0 Å². The molecule has 96 valence electrons. The third kappa shape index (κ3) is 2.14. The zero-order chi connectivity index (χ0) is 13.4. The molecule has 0 saturated heterocycles. The molecule has 4 nitrogen and oxygen atoms in total. The van der Waals surface area contributed by atoms with E-state index in [-0.39, 0.29) is 5.82 Å². The Morgan fingerprint density at radius 3 is 2.84 bits per heavy atom. The Hall–Kier alpha value is -2.43. The third-order valence-electron chi connectivity index (χ3n) is 2.94. The molecule has 0 radical (unpaired) electrons. The van der Waals surface area contributed by atoms with Crippen molar-refractivity contribution in [1.29, 1.82) is 0 Å². The number of halogens is 1. The van der Waals surface area contributed by atoms with Gasteiger partial charge in [-0.25, -0.2) is 13.9 Å². The number of hydrogen-bond donors (Lipinski definition) is 0. The van der Waals surface area contributed by atoms with Gasteiger partial charge < -0.3 is 4.74 Å². The second kappa shape index (κ2) is 4.35. The first-order valence-corrected chi connectivity index (χ1v) is 5.87. The monoisotopic (exact) mass is 257 g/mol. The smallest absolute Gasteiger partial charge is 0.158 e. The molecule has 0 saturated carbocycles. The number of aromatic nitrogens is 3. The van der Waals surface area contributed by atoms with Gasteiger partial charge in [-0.1, -0.05) is 0 Å². The topological polar surface area (TPSA) is 39.4 Å². The van der Waals surface area contributed by atoms with E-state index in [1.54, 1.807) is 35.8 Å². The maximum absolute atomic E-state index is 13.6. The van der Waals surface area contributed by atoms with Crippen molar-refractivity contribution in [3.05, 3.63) is 53.7 Å². The molecule has 0 fully saturated rings. The summed E-state index contributed by atoms with van der Waals surface area (Å²) in [6.45, 7) is 3.62. The fourth-order valence-corrected chi connectivity index (χ4v) is 1.90. The van der Waals surface area contributed by atoms with Crippen LogP contribution in [0.5, 0.6) is 11.5 Å². The van der Waals surface area contributed by atoms with Gasteiger partial charge in [0.25, 0.3) is 0 Å². The summed E-state index contributed by atoms with van der Waals surface area (Å²) in [6, 6.07) is 6.68. The van der Waals surface area contributed by atoms with Crippen LogP contribution >= 0.6 is 0 Å². The Bertz CT molecular complexity index is 752. The van der Waals surface area contributed by atoms with Crippen LogP contribution in [0.2, 0.25) is 0 Å². The highest BCUT2D eigenvalue weighted by molar-refractivity contribution is 5.46. The summed E-state index contributed by atoms with van der Waals surface area (Å²) < 4.78 is 20.9. The number of nitrogens with zero attached hydrogens (tertiary/aromatic N) is 3. The van der Waals surface area contributed by atoms with E-state index < -0.39 is 0 Å². The molecule has 3 rings (SSSR count). The van der Waals surface area contributed by atoms with Crippen molar-refractivity contribution in [1.82, 2.24) is 14.6 Å². The lowest BCUT2D eigenvalue weighted by Crippen LogP contribution is -1.93. The molecule has 0 aliphatic rings. The predicted octanol–water partition coefficient (Wildman–Crippen LogP) is 3.28. The Balaban J connectivity index is 1.98. The molecule has 0 spiro atoms. The standard InChI is InChI=1S/C14H12FN3O/c1-9-5-10(2)13(7-12(9)15)19-11-3-4-18-14(6-11)16-8-17-18/h3-8H,1-2H3. The lowest BCUT2D eigenvalue weighted by Gasteiger charge is -2.10. The maximum Gasteiger partial charge on any atom is 0.158 e. The summed E-state index contributed by atoms with van der Waals surface area (Å²) >= 11 is 0. The number of pyridine rings is 1. The first-order chi connectivity index (χ1) is 9.13. The molecular weight excluding hydrogens is 245 g/mol. The summed E-state index contributed by atoms with van der Waals surface area (Å²) in [5.41, 5.74) is 2.18. The summed E-state index contributed by atoms with van der Waals surface area (Å²) in [7, 11) is 0. The van der Waals surface area contributed by atoms with Crippen LogP contribution in [0.25, 0.3) is 5.65 Å². The van der Waals surface area contributed by atoms with Crippen molar-refractivity contribution in [3.63, 3.8) is 0 Å². The first kappa shape index (κ1) is 11.6. The lowest BCUT2D eigenvalue weighted by atomic mass is 10.1. The Labute approximate surface area is 109 Å². The van der Waals surface area contributed by atoms with E-state index in [4.69, 9.17) is 4.74 Å². The van der Waals surface area contributed by atoms with Crippen LogP contribution in [0.1, 0.15) is 11.1 Å². The summed E-state index contributed by atoms with van der Waals surface area (Å²) in [6.07, 6.45) is 3.22. The molecule has 19 heavy (non-hydrogen) atoms. The maximum atomic E-state index is 13.6. The van der Waals surface area contributed by atoms with Crippen LogP contribution in [0.15, 0.2) is 36.8 Å². The number of ether oxygens (including phenoxy) is 1. The molecule has 5 heteroatoms. The van der Waals surface area contributed by atoms with E-state index >= 15 is 0 Å². The van der Waals surface area contributed by atoms with E-state index in [1.807, 2.05) is 6.92 Å². The summed E-state index contributed by atoms with van der Waals surface area (Å²) in [4.78, 5) is 4.07. The van der Waals surface area contributed by atoms with Crippen molar-refractivity contribution in [3.8, 4) is 11.5 Å². The minimum absolute atomic E-state index is 0.274. The van der Waals surface area contributed by atoms with Gasteiger partial charge in [0, 0.05) is 18.3 Å². The van der Waals surface area contributed by atoms with Crippen LogP contribution in [-0.4, -0.2) is 14.6 Å². The molecule has 0 unspecified atom stereocenters. The van der Waals surface area contributed by atoms with Crippen LogP contribution in [-0.2, 0) is 0 Å². The van der Waals surface area contributed by atoms with E-state index in [0.717, 1.165) is 5.56 Å². The highest BCUT2D eigenvalue weighted by atomic mass is 19.1. The zero-order valence-corrected chi connectivity index (χ0v) is 10.6. The molecular formula is C14H12FN3O. The SMILES string of the molecule is Cc1cc(C)c(Oc2ccn3ncnc3c2)cc1F. The van der Waals surface area contributed by atoms with Crippen LogP contribution < -0.4 is 4.74 Å². The van der Waals surface area contributed by atoms with Crippen LogP contribution in [0.3, 0.4) is 0 Å². The van der Waals surface area contributed by atoms with Gasteiger partial charge in [0.1, 0.15) is 23.6 Å². The van der Waals surface area contributed by atoms with Gasteiger partial charge in [-0.15, -0.1) is 0 Å². The van der Waals surface area contributed by atoms with Crippen molar-refractivity contribution >= 4 is 5.65 Å². The summed E-state index contributed by atoms with van der Waals surface area (Å²) in [5, 5.41) is 4.00. The highest BCUT2D eigenvalue weighted by Gasteiger charge is 2.07. The average molecular weight is 257 g/mol. The zero-order valence-electron chi connectivity index (χ0n) is 10.6. The Morgan fingerprint density at radius 2 is 2.00 bits per heavy atom. The highest BCUT2D eigenvalue weighted by Crippen LogP contribution is 2.27. The molecule has 0 atom stereocenters.